The molecule has 0 atom stereocenters. The molecule has 1 saturated carbocycles. The molecule has 3 rings (SSSR count). The number of H-pyrrole nitrogens is 1. The van der Waals surface area contributed by atoms with Crippen LogP contribution in [0.5, 0.6) is 5.75 Å². The zero-order valence-electron chi connectivity index (χ0n) is 8.98. The van der Waals surface area contributed by atoms with Crippen LogP contribution in [0.1, 0.15) is 30.5 Å². The van der Waals surface area contributed by atoms with E-state index in [0.29, 0.717) is 5.75 Å². The van der Waals surface area contributed by atoms with Crippen molar-refractivity contribution in [2.75, 3.05) is 0 Å². The van der Waals surface area contributed by atoms with Gasteiger partial charge in [0.25, 0.3) is 0 Å². The third kappa shape index (κ3) is 1.24. The molecule has 1 heterocycles. The minimum atomic E-state index is 0.101. The number of aromatic nitrogens is 2. The van der Waals surface area contributed by atoms with Gasteiger partial charge in [0.1, 0.15) is 5.75 Å². The van der Waals surface area contributed by atoms with Crippen LogP contribution < -0.4 is 0 Å². The van der Waals surface area contributed by atoms with Gasteiger partial charge in [-0.3, -0.25) is 5.10 Å². The minimum absolute atomic E-state index is 0.101. The SMILES string of the molecule is Oc1ccc(C2(c3ccn[nH]3)CCC2)cc1. The van der Waals surface area contributed by atoms with Crippen molar-refractivity contribution in [3.05, 3.63) is 47.8 Å². The Labute approximate surface area is 94.1 Å². The molecule has 1 aromatic carbocycles. The molecule has 3 nitrogen and oxygen atoms in total. The van der Waals surface area contributed by atoms with Crippen LogP contribution in [0.4, 0.5) is 0 Å². The van der Waals surface area contributed by atoms with Gasteiger partial charge in [-0.2, -0.15) is 5.10 Å². The smallest absolute Gasteiger partial charge is 0.115 e. The lowest BCUT2D eigenvalue weighted by atomic mass is 9.62. The Bertz CT molecular complexity index is 469. The summed E-state index contributed by atoms with van der Waals surface area (Å²) in [5.74, 6) is 0.322. The number of phenols is 1. The van der Waals surface area contributed by atoms with Crippen LogP contribution in [0.15, 0.2) is 36.5 Å². The summed E-state index contributed by atoms with van der Waals surface area (Å²) in [7, 11) is 0. The van der Waals surface area contributed by atoms with Crippen LogP contribution in [0.3, 0.4) is 0 Å². The first-order chi connectivity index (χ1) is 7.81. The zero-order valence-corrected chi connectivity index (χ0v) is 8.98. The summed E-state index contributed by atoms with van der Waals surface area (Å²) in [6.45, 7) is 0. The van der Waals surface area contributed by atoms with E-state index in [1.165, 1.54) is 17.7 Å². The lowest BCUT2D eigenvalue weighted by molar-refractivity contribution is 0.293. The molecule has 2 aromatic rings. The highest BCUT2D eigenvalue weighted by molar-refractivity contribution is 5.40. The van der Waals surface area contributed by atoms with Crippen molar-refractivity contribution in [3.8, 4) is 5.75 Å². The predicted octanol–water partition coefficient (Wildman–Crippen LogP) is 2.59. The molecule has 0 aliphatic heterocycles. The predicted molar refractivity (Wildman–Crippen MR) is 61.3 cm³/mol. The lowest BCUT2D eigenvalue weighted by Gasteiger charge is -2.41. The molecule has 0 bridgehead atoms. The quantitative estimate of drug-likeness (QED) is 0.807. The van der Waals surface area contributed by atoms with Crippen molar-refractivity contribution in [1.82, 2.24) is 10.2 Å². The van der Waals surface area contributed by atoms with Crippen LogP contribution in [-0.2, 0) is 5.41 Å². The van der Waals surface area contributed by atoms with E-state index >= 15 is 0 Å². The van der Waals surface area contributed by atoms with Gasteiger partial charge < -0.3 is 5.11 Å². The molecule has 0 unspecified atom stereocenters. The first-order valence-electron chi connectivity index (χ1n) is 5.61. The zero-order chi connectivity index (χ0) is 11.0. The number of benzene rings is 1. The second-order valence-electron chi connectivity index (χ2n) is 4.45. The molecular weight excluding hydrogens is 200 g/mol. The molecule has 0 amide bonds. The van der Waals surface area contributed by atoms with Gasteiger partial charge in [-0.25, -0.2) is 0 Å². The van der Waals surface area contributed by atoms with Crippen molar-refractivity contribution in [1.29, 1.82) is 0 Å². The fraction of sp³-hybridized carbons (Fsp3) is 0.308. The Morgan fingerprint density at radius 1 is 1.12 bits per heavy atom. The topological polar surface area (TPSA) is 48.9 Å². The number of aromatic hydroxyl groups is 1. The van der Waals surface area contributed by atoms with Crippen molar-refractivity contribution in [2.45, 2.75) is 24.7 Å². The molecule has 3 heteroatoms. The van der Waals surface area contributed by atoms with E-state index in [0.717, 1.165) is 12.8 Å². The molecular formula is C13H14N2O. The van der Waals surface area contributed by atoms with E-state index in [1.54, 1.807) is 18.3 Å². The summed E-state index contributed by atoms with van der Waals surface area (Å²) < 4.78 is 0. The van der Waals surface area contributed by atoms with Gasteiger partial charge in [0.05, 0.1) is 0 Å². The van der Waals surface area contributed by atoms with Gasteiger partial charge in [0.15, 0.2) is 0 Å². The highest BCUT2D eigenvalue weighted by Gasteiger charge is 2.41. The van der Waals surface area contributed by atoms with Gasteiger partial charge >= 0.3 is 0 Å². The van der Waals surface area contributed by atoms with Gasteiger partial charge in [-0.1, -0.05) is 18.6 Å². The number of phenolic OH excluding ortho intramolecular Hbond substituents is 1. The largest absolute Gasteiger partial charge is 0.508 e. The van der Waals surface area contributed by atoms with E-state index in [4.69, 9.17) is 0 Å². The Morgan fingerprint density at radius 2 is 1.88 bits per heavy atom. The molecule has 82 valence electrons. The first kappa shape index (κ1) is 9.46. The fourth-order valence-corrected chi connectivity index (χ4v) is 2.55. The maximum atomic E-state index is 9.32. The summed E-state index contributed by atoms with van der Waals surface area (Å²) >= 11 is 0. The van der Waals surface area contributed by atoms with E-state index in [-0.39, 0.29) is 5.41 Å². The number of rotatable bonds is 2. The monoisotopic (exact) mass is 214 g/mol. The maximum absolute atomic E-state index is 9.32. The van der Waals surface area contributed by atoms with E-state index < -0.39 is 0 Å². The standard InChI is InChI=1S/C13H14N2O/c16-11-4-2-10(3-5-11)13(7-1-8-13)12-6-9-14-15-12/h2-6,9,16H,1,7-8H2,(H,14,15). The third-order valence-corrected chi connectivity index (χ3v) is 3.64. The minimum Gasteiger partial charge on any atom is -0.508 e. The Balaban J connectivity index is 2.05. The van der Waals surface area contributed by atoms with Gasteiger partial charge in [0.2, 0.25) is 0 Å². The second kappa shape index (κ2) is 3.37. The van der Waals surface area contributed by atoms with E-state index in [1.807, 2.05) is 18.2 Å². The summed E-state index contributed by atoms with van der Waals surface area (Å²) in [6, 6.07) is 9.58. The summed E-state index contributed by atoms with van der Waals surface area (Å²) in [4.78, 5) is 0. The van der Waals surface area contributed by atoms with Crippen LogP contribution in [0.2, 0.25) is 0 Å². The summed E-state index contributed by atoms with van der Waals surface area (Å²) in [5, 5.41) is 16.4. The first-order valence-corrected chi connectivity index (χ1v) is 5.61. The average Bonchev–Trinajstić information content (AvgIpc) is 2.73. The normalized spacial score (nSPS) is 18.0. The molecule has 1 aromatic heterocycles. The summed E-state index contributed by atoms with van der Waals surface area (Å²) in [6.07, 6.45) is 5.36. The van der Waals surface area contributed by atoms with Gasteiger partial charge in [-0.15, -0.1) is 0 Å². The van der Waals surface area contributed by atoms with Gasteiger partial charge in [0, 0.05) is 17.3 Å². The number of nitrogens with zero attached hydrogens (tertiary/aromatic N) is 1. The average molecular weight is 214 g/mol. The van der Waals surface area contributed by atoms with Crippen molar-refractivity contribution < 1.29 is 5.11 Å². The lowest BCUT2D eigenvalue weighted by Crippen LogP contribution is -2.35. The van der Waals surface area contributed by atoms with Crippen molar-refractivity contribution in [3.63, 3.8) is 0 Å². The highest BCUT2D eigenvalue weighted by Crippen LogP contribution is 2.48. The Morgan fingerprint density at radius 3 is 2.38 bits per heavy atom. The summed E-state index contributed by atoms with van der Waals surface area (Å²) in [5.41, 5.74) is 2.55. The van der Waals surface area contributed by atoms with Crippen molar-refractivity contribution in [2.24, 2.45) is 0 Å². The van der Waals surface area contributed by atoms with E-state index in [9.17, 15) is 5.11 Å². The molecule has 2 N–H and O–H groups in total. The molecule has 0 saturated heterocycles. The molecule has 0 spiro atoms. The molecule has 1 fully saturated rings. The third-order valence-electron chi connectivity index (χ3n) is 3.64. The van der Waals surface area contributed by atoms with Crippen LogP contribution in [0.25, 0.3) is 0 Å². The molecule has 16 heavy (non-hydrogen) atoms. The second-order valence-corrected chi connectivity index (χ2v) is 4.45. The number of nitrogens with one attached hydrogen (secondary N) is 1. The van der Waals surface area contributed by atoms with Crippen LogP contribution in [-0.4, -0.2) is 15.3 Å². The number of aromatic amines is 1. The Kier molecular flexibility index (Phi) is 1.99. The molecule has 0 radical (unpaired) electrons. The maximum Gasteiger partial charge on any atom is 0.115 e. The number of hydrogen-bond donors (Lipinski definition) is 2. The van der Waals surface area contributed by atoms with Gasteiger partial charge in [-0.05, 0) is 36.6 Å². The Hall–Kier alpha value is -1.77. The highest BCUT2D eigenvalue weighted by atomic mass is 16.3. The molecule has 1 aliphatic carbocycles. The van der Waals surface area contributed by atoms with Crippen molar-refractivity contribution >= 4 is 0 Å². The molecule has 1 aliphatic rings. The van der Waals surface area contributed by atoms with E-state index in [2.05, 4.69) is 10.2 Å². The van der Waals surface area contributed by atoms with Crippen LogP contribution >= 0.6 is 0 Å². The number of hydrogen-bond acceptors (Lipinski definition) is 2. The fourth-order valence-electron chi connectivity index (χ4n) is 2.55. The van der Waals surface area contributed by atoms with Crippen LogP contribution in [0, 0.1) is 0 Å².